The van der Waals surface area contributed by atoms with Gasteiger partial charge < -0.3 is 14.9 Å². The maximum atomic E-state index is 13.2. The first-order valence-corrected chi connectivity index (χ1v) is 4.38. The molecule has 0 aliphatic heterocycles. The molecule has 1 aromatic rings. The van der Waals surface area contributed by atoms with Crippen LogP contribution in [0, 0.1) is 11.6 Å². The van der Waals surface area contributed by atoms with Gasteiger partial charge in [0.1, 0.15) is 5.82 Å². The predicted octanol–water partition coefficient (Wildman–Crippen LogP) is 0.961. The second-order valence-electron chi connectivity index (χ2n) is 3.14. The second-order valence-corrected chi connectivity index (χ2v) is 3.14. The molecule has 0 aromatic heterocycles. The first-order chi connectivity index (χ1) is 7.45. The Bertz CT molecular complexity index is 406. The van der Waals surface area contributed by atoms with E-state index in [0.717, 1.165) is 6.07 Å². The highest BCUT2D eigenvalue weighted by Gasteiger charge is 2.19. The highest BCUT2D eigenvalue weighted by Crippen LogP contribution is 2.25. The van der Waals surface area contributed by atoms with Gasteiger partial charge >= 0.3 is 5.97 Å². The van der Waals surface area contributed by atoms with Crippen LogP contribution in [0.5, 0.6) is 5.75 Å². The fraction of sp³-hybridized carbons (Fsp3) is 0.300. The molecule has 0 spiro atoms. The third-order valence-electron chi connectivity index (χ3n) is 1.99. The molecule has 2 N–H and O–H groups in total. The highest BCUT2D eigenvalue weighted by atomic mass is 19.1. The monoisotopic (exact) mass is 232 g/mol. The Kier molecular flexibility index (Phi) is 3.78. The molecule has 88 valence electrons. The minimum atomic E-state index is -1.73. The van der Waals surface area contributed by atoms with Gasteiger partial charge in [-0.3, -0.25) is 0 Å². The molecule has 4 nitrogen and oxygen atoms in total. The van der Waals surface area contributed by atoms with Gasteiger partial charge in [0, 0.05) is 18.1 Å². The summed E-state index contributed by atoms with van der Waals surface area (Å²) in [5, 5.41) is 17.5. The number of hydrogen-bond acceptors (Lipinski definition) is 3. The summed E-state index contributed by atoms with van der Waals surface area (Å²) in [4.78, 5) is 10.4. The van der Waals surface area contributed by atoms with Crippen molar-refractivity contribution in [3.05, 3.63) is 29.3 Å². The summed E-state index contributed by atoms with van der Waals surface area (Å²) in [5.41, 5.74) is -0.0325. The number of carboxylic acids is 1. The number of halogens is 2. The third-order valence-corrected chi connectivity index (χ3v) is 1.99. The molecule has 1 rings (SSSR count). The van der Waals surface area contributed by atoms with Crippen LogP contribution in [0.25, 0.3) is 0 Å². The molecule has 0 aliphatic carbocycles. The van der Waals surface area contributed by atoms with Gasteiger partial charge in [-0.15, -0.1) is 0 Å². The van der Waals surface area contributed by atoms with Crippen molar-refractivity contribution >= 4 is 5.97 Å². The Hall–Kier alpha value is -1.69. The number of rotatable bonds is 4. The van der Waals surface area contributed by atoms with E-state index in [1.54, 1.807) is 0 Å². The zero-order valence-electron chi connectivity index (χ0n) is 8.41. The van der Waals surface area contributed by atoms with Gasteiger partial charge in [-0.05, 0) is 6.07 Å². The lowest BCUT2D eigenvalue weighted by atomic mass is 10.1. The lowest BCUT2D eigenvalue weighted by molar-refractivity contribution is -0.146. The topological polar surface area (TPSA) is 66.8 Å². The summed E-state index contributed by atoms with van der Waals surface area (Å²) >= 11 is 0. The van der Waals surface area contributed by atoms with Crippen molar-refractivity contribution in [2.24, 2.45) is 0 Å². The molecule has 0 saturated heterocycles. The number of aliphatic hydroxyl groups excluding tert-OH is 1. The van der Waals surface area contributed by atoms with E-state index in [0.29, 0.717) is 6.07 Å². The Morgan fingerprint density at radius 2 is 2.12 bits per heavy atom. The van der Waals surface area contributed by atoms with Gasteiger partial charge in [-0.25, -0.2) is 13.6 Å². The molecule has 0 saturated carbocycles. The largest absolute Gasteiger partial charge is 0.493 e. The number of carbonyl (C=O) groups is 1. The molecule has 0 fully saturated rings. The zero-order valence-corrected chi connectivity index (χ0v) is 8.41. The zero-order chi connectivity index (χ0) is 12.3. The third kappa shape index (κ3) is 2.66. The van der Waals surface area contributed by atoms with Gasteiger partial charge in [-0.1, -0.05) is 0 Å². The second kappa shape index (κ2) is 4.89. The van der Waals surface area contributed by atoms with Crippen LogP contribution in [-0.2, 0) is 11.2 Å². The molecule has 1 unspecified atom stereocenters. The first kappa shape index (κ1) is 12.4. The average Bonchev–Trinajstić information content (AvgIpc) is 2.16. The van der Waals surface area contributed by atoms with E-state index >= 15 is 0 Å². The van der Waals surface area contributed by atoms with Crippen LogP contribution in [0.15, 0.2) is 12.1 Å². The SMILES string of the molecule is COc1c(F)cc(F)cc1CC(O)C(=O)O. The summed E-state index contributed by atoms with van der Waals surface area (Å²) in [7, 11) is 1.17. The molecule has 1 aromatic carbocycles. The molecular weight excluding hydrogens is 222 g/mol. The fourth-order valence-electron chi connectivity index (χ4n) is 1.29. The minimum absolute atomic E-state index is 0.0325. The van der Waals surface area contributed by atoms with Crippen molar-refractivity contribution in [2.75, 3.05) is 7.11 Å². The number of benzene rings is 1. The van der Waals surface area contributed by atoms with Crippen LogP contribution in [0.1, 0.15) is 5.56 Å². The summed E-state index contributed by atoms with van der Waals surface area (Å²) in [6, 6.07) is 1.55. The van der Waals surface area contributed by atoms with Gasteiger partial charge in [0.2, 0.25) is 0 Å². The quantitative estimate of drug-likeness (QED) is 0.811. The van der Waals surface area contributed by atoms with Gasteiger partial charge in [0.25, 0.3) is 0 Å². The Labute approximate surface area is 90.1 Å². The van der Waals surface area contributed by atoms with Gasteiger partial charge in [0.15, 0.2) is 17.7 Å². The molecule has 0 radical (unpaired) electrons. The number of methoxy groups -OCH3 is 1. The van der Waals surface area contributed by atoms with Crippen LogP contribution in [0.3, 0.4) is 0 Å². The summed E-state index contributed by atoms with van der Waals surface area (Å²) < 4.78 is 30.7. The predicted molar refractivity (Wildman–Crippen MR) is 50.3 cm³/mol. The minimum Gasteiger partial charge on any atom is -0.493 e. The highest BCUT2D eigenvalue weighted by molar-refractivity contribution is 5.72. The van der Waals surface area contributed by atoms with E-state index in [1.165, 1.54) is 7.11 Å². The Balaban J connectivity index is 3.07. The summed E-state index contributed by atoms with van der Waals surface area (Å²) in [6.45, 7) is 0. The van der Waals surface area contributed by atoms with Crippen molar-refractivity contribution in [1.29, 1.82) is 0 Å². The van der Waals surface area contributed by atoms with Crippen LogP contribution >= 0.6 is 0 Å². The maximum absolute atomic E-state index is 13.2. The molecule has 0 aliphatic rings. The van der Waals surface area contributed by atoms with Crippen molar-refractivity contribution < 1.29 is 28.5 Å². The van der Waals surface area contributed by atoms with E-state index in [2.05, 4.69) is 4.74 Å². The number of aliphatic hydroxyl groups is 1. The normalized spacial score (nSPS) is 12.2. The Morgan fingerprint density at radius 3 is 2.62 bits per heavy atom. The van der Waals surface area contributed by atoms with Gasteiger partial charge in [-0.2, -0.15) is 0 Å². The van der Waals surface area contributed by atoms with Crippen molar-refractivity contribution in [1.82, 2.24) is 0 Å². The molecule has 16 heavy (non-hydrogen) atoms. The number of aliphatic carboxylic acids is 1. The van der Waals surface area contributed by atoms with Crippen molar-refractivity contribution in [3.63, 3.8) is 0 Å². The standard InChI is InChI=1S/C10H10F2O4/c1-16-9-5(3-8(13)10(14)15)2-6(11)4-7(9)12/h2,4,8,13H,3H2,1H3,(H,14,15). The number of ether oxygens (including phenoxy) is 1. The molecule has 1 atom stereocenters. The lowest BCUT2D eigenvalue weighted by Gasteiger charge is -2.11. The average molecular weight is 232 g/mol. The molecule has 0 bridgehead atoms. The number of hydrogen-bond donors (Lipinski definition) is 2. The van der Waals surface area contributed by atoms with Crippen molar-refractivity contribution in [2.45, 2.75) is 12.5 Å². The van der Waals surface area contributed by atoms with Crippen LogP contribution in [-0.4, -0.2) is 29.4 Å². The van der Waals surface area contributed by atoms with Crippen LogP contribution < -0.4 is 4.74 Å². The molecule has 0 amide bonds. The van der Waals surface area contributed by atoms with Crippen LogP contribution in [0.4, 0.5) is 8.78 Å². The molecule has 0 heterocycles. The smallest absolute Gasteiger partial charge is 0.332 e. The van der Waals surface area contributed by atoms with E-state index in [-0.39, 0.29) is 11.3 Å². The van der Waals surface area contributed by atoms with E-state index in [4.69, 9.17) is 10.2 Å². The summed E-state index contributed by atoms with van der Waals surface area (Å²) in [5.74, 6) is -3.52. The lowest BCUT2D eigenvalue weighted by Crippen LogP contribution is -2.22. The molecular formula is C10H10F2O4. The van der Waals surface area contributed by atoms with Gasteiger partial charge in [0.05, 0.1) is 7.11 Å². The first-order valence-electron chi connectivity index (χ1n) is 4.38. The van der Waals surface area contributed by atoms with E-state index in [9.17, 15) is 13.6 Å². The molecule has 6 heteroatoms. The van der Waals surface area contributed by atoms with E-state index in [1.807, 2.05) is 0 Å². The van der Waals surface area contributed by atoms with E-state index < -0.39 is 30.1 Å². The Morgan fingerprint density at radius 1 is 1.50 bits per heavy atom. The fourth-order valence-corrected chi connectivity index (χ4v) is 1.29. The number of carboxylic acid groups (broad SMARTS) is 1. The van der Waals surface area contributed by atoms with Crippen molar-refractivity contribution in [3.8, 4) is 5.75 Å². The summed E-state index contributed by atoms with van der Waals surface area (Å²) in [6.07, 6.45) is -2.15. The maximum Gasteiger partial charge on any atom is 0.332 e. The van der Waals surface area contributed by atoms with Crippen LogP contribution in [0.2, 0.25) is 0 Å².